The van der Waals surface area contributed by atoms with E-state index in [1.807, 2.05) is 0 Å². The first-order valence-electron chi connectivity index (χ1n) is 19.2. The summed E-state index contributed by atoms with van der Waals surface area (Å²) in [5, 5.41) is 7.16. The van der Waals surface area contributed by atoms with Crippen LogP contribution in [0.25, 0.3) is 88.2 Å². The Bertz CT molecular complexity index is 3530. The molecule has 0 saturated carbocycles. The highest BCUT2D eigenvalue weighted by atomic mass is 16.3. The van der Waals surface area contributed by atoms with Gasteiger partial charge >= 0.3 is 0 Å². The topological polar surface area (TPSA) is 35.4 Å². The maximum atomic E-state index is 6.54. The van der Waals surface area contributed by atoms with E-state index < -0.39 is 0 Å². The van der Waals surface area contributed by atoms with Crippen molar-refractivity contribution >= 4 is 94.7 Å². The van der Waals surface area contributed by atoms with Crippen LogP contribution >= 0.6 is 0 Å². The summed E-state index contributed by atoms with van der Waals surface area (Å²) in [6.07, 6.45) is 0. The van der Waals surface area contributed by atoms with Crippen LogP contribution < -0.4 is 10.9 Å². The van der Waals surface area contributed by atoms with Crippen molar-refractivity contribution < 1.29 is 4.42 Å². The molecule has 0 amide bonds. The quantitative estimate of drug-likeness (QED) is 0.168. The summed E-state index contributed by atoms with van der Waals surface area (Å²) in [4.78, 5) is 5.78. The number of allylic oxidation sites excluding steroid dienone is 1. The van der Waals surface area contributed by atoms with Crippen LogP contribution in [0.3, 0.4) is 0 Å². The molecule has 4 nitrogen and oxygen atoms in total. The standard InChI is InChI=1S/C50H32BN3O/c1-50(2)36-21-10-8-19-33(36)46-48(50)51(37-22-13-25-41-43(37)34-20-9-11-24-40(34)55-41)38-27-26-30-17-12-23-39-42(30)47(38)54(46)49-52-44-32-18-7-6-16-31(32)28-35(45(44)53(39)49)29-14-4-3-5-15-29/h3-28H,1-2H3. The zero-order valence-corrected chi connectivity index (χ0v) is 30.3. The number of imidazole rings is 1. The molecule has 3 aromatic heterocycles. The predicted molar refractivity (Wildman–Crippen MR) is 229 cm³/mol. The Morgan fingerprint density at radius 1 is 0.582 bits per heavy atom. The molecule has 2 aliphatic rings. The van der Waals surface area contributed by atoms with Gasteiger partial charge in [0.2, 0.25) is 12.5 Å². The minimum absolute atomic E-state index is 0.0255. The Morgan fingerprint density at radius 3 is 2.24 bits per heavy atom. The van der Waals surface area contributed by atoms with Gasteiger partial charge in [0.25, 0.3) is 0 Å². The lowest BCUT2D eigenvalue weighted by molar-refractivity contribution is 0.665. The van der Waals surface area contributed by atoms with E-state index in [4.69, 9.17) is 9.40 Å². The zero-order valence-electron chi connectivity index (χ0n) is 30.3. The Kier molecular flexibility index (Phi) is 5.50. The van der Waals surface area contributed by atoms with Crippen LogP contribution in [-0.2, 0) is 5.41 Å². The van der Waals surface area contributed by atoms with E-state index in [1.54, 1.807) is 0 Å². The monoisotopic (exact) mass is 701 g/mol. The highest BCUT2D eigenvalue weighted by molar-refractivity contribution is 6.95. The second-order valence-corrected chi connectivity index (χ2v) is 15.9. The summed E-state index contributed by atoms with van der Waals surface area (Å²) >= 11 is 0. The Morgan fingerprint density at radius 2 is 1.33 bits per heavy atom. The van der Waals surface area contributed by atoms with E-state index in [1.165, 1.54) is 71.4 Å². The molecule has 0 bridgehead atoms. The van der Waals surface area contributed by atoms with Crippen molar-refractivity contribution in [1.82, 2.24) is 14.0 Å². The van der Waals surface area contributed by atoms with Crippen LogP contribution in [0.5, 0.6) is 0 Å². The molecular formula is C50H32BN3O. The number of furan rings is 1. The van der Waals surface area contributed by atoms with Crippen molar-refractivity contribution in [3.63, 3.8) is 0 Å². The van der Waals surface area contributed by atoms with Crippen LogP contribution in [0.2, 0.25) is 0 Å². The fourth-order valence-corrected chi connectivity index (χ4v) is 10.5. The molecule has 8 aromatic carbocycles. The van der Waals surface area contributed by atoms with E-state index in [-0.39, 0.29) is 12.1 Å². The smallest absolute Gasteiger partial charge is 0.244 e. The lowest BCUT2D eigenvalue weighted by atomic mass is 9.31. The molecule has 0 radical (unpaired) electrons. The van der Waals surface area contributed by atoms with Gasteiger partial charge in [-0.25, -0.2) is 4.98 Å². The summed E-state index contributed by atoms with van der Waals surface area (Å²) in [6.45, 7) is 4.81. The van der Waals surface area contributed by atoms with E-state index in [0.717, 1.165) is 44.3 Å². The van der Waals surface area contributed by atoms with Gasteiger partial charge in [0, 0.05) is 43.8 Å². The van der Waals surface area contributed by atoms with Crippen LogP contribution in [0.1, 0.15) is 25.0 Å². The third kappa shape index (κ3) is 3.61. The molecule has 1 aliphatic heterocycles. The molecule has 1 aliphatic carbocycles. The summed E-state index contributed by atoms with van der Waals surface area (Å²) in [6, 6.07) is 57.6. The summed E-state index contributed by atoms with van der Waals surface area (Å²) in [5.41, 5.74) is 16.3. The van der Waals surface area contributed by atoms with Crippen molar-refractivity contribution in [3.05, 3.63) is 174 Å². The van der Waals surface area contributed by atoms with Crippen LogP contribution in [0.15, 0.2) is 168 Å². The number of fused-ring (bicyclic) bond motifs is 13. The molecule has 0 N–H and O–H groups in total. The highest BCUT2D eigenvalue weighted by Crippen LogP contribution is 2.52. The molecule has 55 heavy (non-hydrogen) atoms. The Balaban J connectivity index is 1.29. The van der Waals surface area contributed by atoms with E-state index in [2.05, 4.69) is 181 Å². The maximum Gasteiger partial charge on any atom is 0.244 e. The summed E-state index contributed by atoms with van der Waals surface area (Å²) in [5.74, 6) is 0.932. The lowest BCUT2D eigenvalue weighted by Gasteiger charge is -2.35. The second kappa shape index (κ2) is 10.2. The van der Waals surface area contributed by atoms with E-state index >= 15 is 0 Å². The van der Waals surface area contributed by atoms with Gasteiger partial charge < -0.3 is 4.42 Å². The van der Waals surface area contributed by atoms with Crippen molar-refractivity contribution in [3.8, 4) is 11.1 Å². The Hall–Kier alpha value is -6.85. The molecule has 0 unspecified atom stereocenters. The van der Waals surface area contributed by atoms with Crippen molar-refractivity contribution in [1.29, 1.82) is 0 Å². The maximum absolute atomic E-state index is 6.54. The second-order valence-electron chi connectivity index (χ2n) is 15.9. The molecule has 11 aromatic rings. The predicted octanol–water partition coefficient (Wildman–Crippen LogP) is 11.0. The number of hydrogen-bond acceptors (Lipinski definition) is 2. The number of nitrogens with zero attached hydrogens (tertiary/aromatic N) is 3. The van der Waals surface area contributed by atoms with Crippen LogP contribution in [-0.4, -0.2) is 20.7 Å². The van der Waals surface area contributed by atoms with Crippen LogP contribution in [0, 0.1) is 0 Å². The molecule has 0 fully saturated rings. The first kappa shape index (κ1) is 29.6. The SMILES string of the molecule is CC1(C)C2=C(c3ccccc31)n1c3c(ccc4cccc(c43)n3c4c(-c5ccccc5)cc5ccccc5c4nc13)B2c1cccc2oc3ccccc3c12. The van der Waals surface area contributed by atoms with Gasteiger partial charge in [-0.1, -0.05) is 158 Å². The molecule has 0 spiro atoms. The third-order valence-electron chi connectivity index (χ3n) is 12.8. The van der Waals surface area contributed by atoms with Crippen LogP contribution in [0.4, 0.5) is 0 Å². The molecular weight excluding hydrogens is 669 g/mol. The van der Waals surface area contributed by atoms with Gasteiger partial charge in [-0.05, 0) is 51.6 Å². The number of aromatic nitrogens is 3. The fourth-order valence-electron chi connectivity index (χ4n) is 10.5. The molecule has 4 heterocycles. The molecule has 0 saturated heterocycles. The number of para-hydroxylation sites is 1. The number of benzene rings is 8. The molecule has 256 valence electrons. The molecule has 5 heteroatoms. The first-order chi connectivity index (χ1) is 27.1. The zero-order chi connectivity index (χ0) is 36.2. The first-order valence-corrected chi connectivity index (χ1v) is 19.2. The van der Waals surface area contributed by atoms with Crippen molar-refractivity contribution in [2.24, 2.45) is 0 Å². The average molecular weight is 702 g/mol. The van der Waals surface area contributed by atoms with E-state index in [0.29, 0.717) is 0 Å². The lowest BCUT2D eigenvalue weighted by Crippen LogP contribution is -2.51. The van der Waals surface area contributed by atoms with Gasteiger partial charge in [-0.15, -0.1) is 0 Å². The van der Waals surface area contributed by atoms with Gasteiger partial charge in [0.15, 0.2) is 0 Å². The van der Waals surface area contributed by atoms with Gasteiger partial charge in [0.1, 0.15) is 11.2 Å². The minimum atomic E-state index is -0.277. The number of rotatable bonds is 2. The summed E-state index contributed by atoms with van der Waals surface area (Å²) < 4.78 is 11.5. The van der Waals surface area contributed by atoms with E-state index in [9.17, 15) is 0 Å². The Labute approximate surface area is 316 Å². The van der Waals surface area contributed by atoms with Gasteiger partial charge in [-0.3, -0.25) is 8.97 Å². The van der Waals surface area contributed by atoms with Gasteiger partial charge in [0.05, 0.1) is 22.1 Å². The molecule has 0 atom stereocenters. The largest absolute Gasteiger partial charge is 0.456 e. The normalized spacial score (nSPS) is 14.8. The van der Waals surface area contributed by atoms with Crippen molar-refractivity contribution in [2.45, 2.75) is 19.3 Å². The minimum Gasteiger partial charge on any atom is -0.456 e. The number of hydrogen-bond donors (Lipinski definition) is 0. The molecule has 13 rings (SSSR count). The fraction of sp³-hybridized carbons (Fsp3) is 0.0600. The summed E-state index contributed by atoms with van der Waals surface area (Å²) in [7, 11) is 0. The third-order valence-corrected chi connectivity index (χ3v) is 12.8. The van der Waals surface area contributed by atoms with Gasteiger partial charge in [-0.2, -0.15) is 0 Å². The average Bonchev–Trinajstić information content (AvgIpc) is 3.89. The highest BCUT2D eigenvalue weighted by Gasteiger charge is 2.49. The van der Waals surface area contributed by atoms with Crippen molar-refractivity contribution in [2.75, 3.05) is 0 Å².